The average Bonchev–Trinajstić information content (AvgIpc) is 2.37. The van der Waals surface area contributed by atoms with E-state index in [1.165, 1.54) is 19.3 Å². The molecule has 1 aliphatic rings. The summed E-state index contributed by atoms with van der Waals surface area (Å²) in [5.74, 6) is 1.59. The molecule has 0 unspecified atom stereocenters. The van der Waals surface area contributed by atoms with E-state index >= 15 is 0 Å². The van der Waals surface area contributed by atoms with Crippen molar-refractivity contribution >= 4 is 22.7 Å². The number of carbonyl (C=O) groups excluding carboxylic acids is 2. The third-order valence-electron chi connectivity index (χ3n) is 3.65. The zero-order valence-electron chi connectivity index (χ0n) is 12.0. The van der Waals surface area contributed by atoms with Gasteiger partial charge in [-0.3, -0.25) is 4.98 Å². The summed E-state index contributed by atoms with van der Waals surface area (Å²) >= 11 is 0. The van der Waals surface area contributed by atoms with Gasteiger partial charge in [-0.15, -0.1) is 0 Å². The van der Waals surface area contributed by atoms with Crippen LogP contribution in [-0.4, -0.2) is 17.7 Å². The van der Waals surface area contributed by atoms with Crippen molar-refractivity contribution in [2.24, 2.45) is 5.92 Å². The summed E-state index contributed by atoms with van der Waals surface area (Å²) in [6.07, 6.45) is 4.17. The fourth-order valence-electron chi connectivity index (χ4n) is 2.41. The Hall–Kier alpha value is -2.39. The zero-order valence-corrected chi connectivity index (χ0v) is 12.0. The molecular formula is C16H18N2O3. The lowest BCUT2D eigenvalue weighted by Crippen LogP contribution is -2.19. The van der Waals surface area contributed by atoms with Crippen molar-refractivity contribution in [3.63, 3.8) is 0 Å². The number of aromatic nitrogens is 1. The van der Waals surface area contributed by atoms with Crippen LogP contribution in [-0.2, 0) is 9.59 Å². The lowest BCUT2D eigenvalue weighted by molar-refractivity contribution is -0.191. The number of benzene rings is 1. The van der Waals surface area contributed by atoms with Crippen molar-refractivity contribution in [2.75, 3.05) is 12.3 Å². The predicted octanol–water partition coefficient (Wildman–Crippen LogP) is 2.72. The van der Waals surface area contributed by atoms with E-state index in [1.54, 1.807) is 0 Å². The maximum Gasteiger partial charge on any atom is 0.373 e. The Morgan fingerprint density at radius 3 is 2.71 bits per heavy atom. The fourth-order valence-corrected chi connectivity index (χ4v) is 2.41. The van der Waals surface area contributed by atoms with Crippen LogP contribution >= 0.6 is 0 Å². The van der Waals surface area contributed by atoms with Crippen LogP contribution in [0.5, 0.6) is 5.75 Å². The van der Waals surface area contributed by atoms with Crippen molar-refractivity contribution < 1.29 is 14.3 Å². The molecule has 5 nitrogen and oxygen atoms in total. The number of anilines is 1. The molecule has 1 aromatic carbocycles. The smallest absolute Gasteiger partial charge is 0.373 e. The largest absolute Gasteiger partial charge is 0.493 e. The Bertz CT molecular complexity index is 660. The highest BCUT2D eigenvalue weighted by Gasteiger charge is 2.18. The van der Waals surface area contributed by atoms with Crippen LogP contribution in [0.1, 0.15) is 25.0 Å². The summed E-state index contributed by atoms with van der Waals surface area (Å²) in [6.45, 7) is 2.75. The molecule has 0 aliphatic heterocycles. The Morgan fingerprint density at radius 2 is 2.10 bits per heavy atom. The van der Waals surface area contributed by atoms with Crippen LogP contribution in [0.15, 0.2) is 24.3 Å². The number of nitrogen functional groups attached to an aromatic ring is 1. The third-order valence-corrected chi connectivity index (χ3v) is 3.65. The highest BCUT2D eigenvalue weighted by molar-refractivity contribution is 5.95. The van der Waals surface area contributed by atoms with Gasteiger partial charge in [-0.1, -0.05) is 12.5 Å². The van der Waals surface area contributed by atoms with Gasteiger partial charge in [0.15, 0.2) is 0 Å². The van der Waals surface area contributed by atoms with E-state index in [1.807, 2.05) is 31.2 Å². The highest BCUT2D eigenvalue weighted by Crippen LogP contribution is 2.32. The van der Waals surface area contributed by atoms with Gasteiger partial charge in [-0.05, 0) is 43.9 Å². The summed E-state index contributed by atoms with van der Waals surface area (Å²) in [4.78, 5) is 20.7. The number of nitrogens with zero attached hydrogens (tertiary/aromatic N) is 1. The van der Waals surface area contributed by atoms with Gasteiger partial charge in [-0.2, -0.15) is 9.59 Å². The first-order valence-electron chi connectivity index (χ1n) is 6.93. The number of pyridine rings is 1. The van der Waals surface area contributed by atoms with Crippen molar-refractivity contribution in [3.8, 4) is 5.75 Å². The molecular weight excluding hydrogens is 268 g/mol. The van der Waals surface area contributed by atoms with Gasteiger partial charge >= 0.3 is 6.15 Å². The molecule has 0 bridgehead atoms. The van der Waals surface area contributed by atoms with Crippen LogP contribution in [0, 0.1) is 12.8 Å². The number of hydrogen-bond donors (Lipinski definition) is 1. The average molecular weight is 286 g/mol. The van der Waals surface area contributed by atoms with Crippen molar-refractivity contribution in [1.82, 2.24) is 4.98 Å². The first kappa shape index (κ1) is 15.0. The van der Waals surface area contributed by atoms with Crippen LogP contribution in [0.2, 0.25) is 0 Å². The maximum absolute atomic E-state index is 8.12. The Balaban J connectivity index is 0.000000497. The second-order valence-electron chi connectivity index (χ2n) is 5.19. The lowest BCUT2D eigenvalue weighted by Gasteiger charge is -2.25. The van der Waals surface area contributed by atoms with Crippen LogP contribution in [0.3, 0.4) is 0 Å². The van der Waals surface area contributed by atoms with Gasteiger partial charge in [0.25, 0.3) is 0 Å². The lowest BCUT2D eigenvalue weighted by atomic mass is 9.86. The monoisotopic (exact) mass is 286 g/mol. The number of nitrogens with two attached hydrogens (primary N) is 1. The fraction of sp³-hybridized carbons (Fsp3) is 0.375. The Labute approximate surface area is 123 Å². The number of aryl methyl sites for hydroxylation is 1. The molecule has 0 saturated heterocycles. The molecule has 0 atom stereocenters. The van der Waals surface area contributed by atoms with Gasteiger partial charge in [0.05, 0.1) is 17.5 Å². The van der Waals surface area contributed by atoms with Crippen LogP contribution < -0.4 is 10.5 Å². The first-order valence-corrected chi connectivity index (χ1v) is 6.93. The second kappa shape index (κ2) is 6.86. The minimum Gasteiger partial charge on any atom is -0.493 e. The zero-order chi connectivity index (χ0) is 15.2. The number of hydrogen-bond acceptors (Lipinski definition) is 5. The Morgan fingerprint density at radius 1 is 1.38 bits per heavy atom. The number of ether oxygens (including phenoxy) is 1. The molecule has 2 N–H and O–H groups in total. The van der Waals surface area contributed by atoms with E-state index in [0.29, 0.717) is 0 Å². The van der Waals surface area contributed by atoms with Gasteiger partial charge in [0.1, 0.15) is 5.75 Å². The molecule has 2 aromatic rings. The summed E-state index contributed by atoms with van der Waals surface area (Å²) < 4.78 is 5.92. The molecule has 0 spiro atoms. The summed E-state index contributed by atoms with van der Waals surface area (Å²) in [7, 11) is 0. The molecule has 1 fully saturated rings. The molecule has 1 saturated carbocycles. The molecule has 1 aromatic heterocycles. The minimum absolute atomic E-state index is 0.250. The molecule has 1 aliphatic carbocycles. The topological polar surface area (TPSA) is 82.3 Å². The molecule has 3 rings (SSSR count). The van der Waals surface area contributed by atoms with Gasteiger partial charge in [-0.25, -0.2) is 0 Å². The van der Waals surface area contributed by atoms with Gasteiger partial charge in [0, 0.05) is 11.4 Å². The maximum atomic E-state index is 8.12. The van der Waals surface area contributed by atoms with E-state index in [0.717, 1.165) is 40.6 Å². The van der Waals surface area contributed by atoms with Crippen molar-refractivity contribution in [3.05, 3.63) is 30.0 Å². The van der Waals surface area contributed by atoms with E-state index < -0.39 is 0 Å². The normalized spacial score (nSPS) is 13.8. The molecule has 1 heterocycles. The first-order chi connectivity index (χ1) is 10.2. The van der Waals surface area contributed by atoms with Crippen molar-refractivity contribution in [2.45, 2.75) is 26.2 Å². The number of fused-ring (bicyclic) bond motifs is 1. The number of rotatable bonds is 3. The van der Waals surface area contributed by atoms with E-state index in [4.69, 9.17) is 20.1 Å². The van der Waals surface area contributed by atoms with E-state index in [9.17, 15) is 0 Å². The molecule has 0 radical (unpaired) electrons. The minimum atomic E-state index is 0.250. The quantitative estimate of drug-likeness (QED) is 0.938. The van der Waals surface area contributed by atoms with Crippen molar-refractivity contribution in [1.29, 1.82) is 0 Å². The van der Waals surface area contributed by atoms with Gasteiger partial charge in [0.2, 0.25) is 0 Å². The summed E-state index contributed by atoms with van der Waals surface area (Å²) in [5.41, 5.74) is 8.70. The van der Waals surface area contributed by atoms with E-state index in [2.05, 4.69) is 4.98 Å². The predicted molar refractivity (Wildman–Crippen MR) is 78.7 cm³/mol. The third kappa shape index (κ3) is 3.58. The second-order valence-corrected chi connectivity index (χ2v) is 5.19. The highest BCUT2D eigenvalue weighted by atomic mass is 16.5. The van der Waals surface area contributed by atoms with Crippen LogP contribution in [0.4, 0.5) is 5.69 Å². The Kier molecular flexibility index (Phi) is 4.90. The van der Waals surface area contributed by atoms with Gasteiger partial charge < -0.3 is 10.5 Å². The summed E-state index contributed by atoms with van der Waals surface area (Å²) in [6, 6.07) is 7.84. The SMILES string of the molecule is Cc1cc(N)c2c(OCC3CCC3)cccc2n1.O=C=O. The molecule has 21 heavy (non-hydrogen) atoms. The van der Waals surface area contributed by atoms with Crippen LogP contribution in [0.25, 0.3) is 10.9 Å². The molecule has 0 amide bonds. The molecule has 5 heteroatoms. The standard InChI is InChI=1S/C15H18N2O.CO2/c1-10-8-12(16)15-13(17-10)6-3-7-14(15)18-9-11-4-2-5-11;2-1-3/h3,6-8,11H,2,4-5,9H2,1H3,(H2,16,17);. The van der Waals surface area contributed by atoms with E-state index in [-0.39, 0.29) is 6.15 Å². The summed E-state index contributed by atoms with van der Waals surface area (Å²) in [5, 5.41) is 0.947. The molecule has 110 valence electrons.